The Kier molecular flexibility index (Phi) is 6.75. The number of carbonyl (C=O) groups excluding carboxylic acids is 3. The molecular formula is C17H23NO5. The Hall–Kier alpha value is -2.37. The van der Waals surface area contributed by atoms with Crippen molar-refractivity contribution in [2.24, 2.45) is 0 Å². The summed E-state index contributed by atoms with van der Waals surface area (Å²) in [6, 6.07) is 7.34. The SMILES string of the molecule is CCOC(=O)C(Cc1cccc(C)c1)(NC(C)=O)C(=O)OCC. The minimum Gasteiger partial charge on any atom is -0.464 e. The van der Waals surface area contributed by atoms with Crippen LogP contribution in [0.3, 0.4) is 0 Å². The lowest BCUT2D eigenvalue weighted by molar-refractivity contribution is -0.168. The summed E-state index contributed by atoms with van der Waals surface area (Å²) in [7, 11) is 0. The van der Waals surface area contributed by atoms with E-state index in [1.807, 2.05) is 25.1 Å². The van der Waals surface area contributed by atoms with Crippen LogP contribution in [0, 0.1) is 6.92 Å². The Morgan fingerprint density at radius 3 is 2.09 bits per heavy atom. The average molecular weight is 321 g/mol. The Balaban J connectivity index is 3.31. The second-order valence-electron chi connectivity index (χ2n) is 5.19. The number of benzene rings is 1. The van der Waals surface area contributed by atoms with Gasteiger partial charge in [-0.1, -0.05) is 29.8 Å². The van der Waals surface area contributed by atoms with Crippen LogP contribution in [0.1, 0.15) is 31.9 Å². The van der Waals surface area contributed by atoms with E-state index in [-0.39, 0.29) is 19.6 Å². The number of nitrogens with one attached hydrogen (secondary N) is 1. The van der Waals surface area contributed by atoms with E-state index in [0.29, 0.717) is 0 Å². The molecule has 6 nitrogen and oxygen atoms in total. The molecule has 0 unspecified atom stereocenters. The lowest BCUT2D eigenvalue weighted by atomic mass is 9.89. The van der Waals surface area contributed by atoms with E-state index in [9.17, 15) is 14.4 Å². The van der Waals surface area contributed by atoms with Crippen LogP contribution in [-0.4, -0.2) is 36.6 Å². The second-order valence-corrected chi connectivity index (χ2v) is 5.19. The number of aryl methyl sites for hydroxylation is 1. The van der Waals surface area contributed by atoms with E-state index in [0.717, 1.165) is 11.1 Å². The van der Waals surface area contributed by atoms with Gasteiger partial charge in [0.15, 0.2) is 0 Å². The molecule has 1 rings (SSSR count). The summed E-state index contributed by atoms with van der Waals surface area (Å²) in [5.41, 5.74) is -0.183. The predicted molar refractivity (Wildman–Crippen MR) is 84.7 cm³/mol. The highest BCUT2D eigenvalue weighted by atomic mass is 16.6. The number of carbonyl (C=O) groups is 3. The molecule has 0 bridgehead atoms. The van der Waals surface area contributed by atoms with Crippen LogP contribution in [0.15, 0.2) is 24.3 Å². The number of esters is 2. The van der Waals surface area contributed by atoms with Gasteiger partial charge in [0.05, 0.1) is 13.2 Å². The highest BCUT2D eigenvalue weighted by Crippen LogP contribution is 2.19. The van der Waals surface area contributed by atoms with Crippen molar-refractivity contribution in [2.75, 3.05) is 13.2 Å². The molecule has 0 aliphatic heterocycles. The van der Waals surface area contributed by atoms with Crippen LogP contribution in [-0.2, 0) is 30.3 Å². The van der Waals surface area contributed by atoms with Crippen LogP contribution >= 0.6 is 0 Å². The van der Waals surface area contributed by atoms with Gasteiger partial charge in [0.2, 0.25) is 11.4 Å². The van der Waals surface area contributed by atoms with Gasteiger partial charge in [-0.3, -0.25) is 4.79 Å². The highest BCUT2D eigenvalue weighted by Gasteiger charge is 2.50. The molecule has 0 fully saturated rings. The zero-order valence-corrected chi connectivity index (χ0v) is 14.0. The normalized spacial score (nSPS) is 10.8. The largest absolute Gasteiger partial charge is 0.464 e. The molecule has 1 N–H and O–H groups in total. The molecule has 0 aliphatic rings. The van der Waals surface area contributed by atoms with Crippen molar-refractivity contribution in [3.8, 4) is 0 Å². The number of rotatable bonds is 7. The Labute approximate surface area is 136 Å². The summed E-state index contributed by atoms with van der Waals surface area (Å²) >= 11 is 0. The standard InChI is InChI=1S/C17H23NO5/c1-5-22-15(20)17(18-13(4)19,16(21)23-6-2)11-14-9-7-8-12(3)10-14/h7-10H,5-6,11H2,1-4H3,(H,18,19). The van der Waals surface area contributed by atoms with E-state index < -0.39 is 23.4 Å². The summed E-state index contributed by atoms with van der Waals surface area (Å²) in [6.07, 6.45) is -0.0358. The van der Waals surface area contributed by atoms with Gasteiger partial charge in [-0.2, -0.15) is 0 Å². The van der Waals surface area contributed by atoms with Crippen molar-refractivity contribution in [1.82, 2.24) is 5.32 Å². The van der Waals surface area contributed by atoms with Gasteiger partial charge in [-0.15, -0.1) is 0 Å². The second kappa shape index (κ2) is 8.31. The number of ether oxygens (including phenoxy) is 2. The molecule has 1 aromatic carbocycles. The third kappa shape index (κ3) is 4.81. The average Bonchev–Trinajstić information content (AvgIpc) is 2.46. The summed E-state index contributed by atoms with van der Waals surface area (Å²) in [6.45, 7) is 6.59. The first-order valence-corrected chi connectivity index (χ1v) is 7.54. The molecule has 0 atom stereocenters. The van der Waals surface area contributed by atoms with Crippen molar-refractivity contribution >= 4 is 17.8 Å². The topological polar surface area (TPSA) is 81.7 Å². The van der Waals surface area contributed by atoms with Crippen LogP contribution < -0.4 is 5.32 Å². The van der Waals surface area contributed by atoms with Gasteiger partial charge in [0.25, 0.3) is 0 Å². The summed E-state index contributed by atoms with van der Waals surface area (Å²) in [4.78, 5) is 36.5. The monoisotopic (exact) mass is 321 g/mol. The van der Waals surface area contributed by atoms with E-state index in [2.05, 4.69) is 5.32 Å². The maximum absolute atomic E-state index is 12.5. The van der Waals surface area contributed by atoms with Crippen molar-refractivity contribution in [3.05, 3.63) is 35.4 Å². The third-order valence-electron chi connectivity index (χ3n) is 3.19. The lowest BCUT2D eigenvalue weighted by Crippen LogP contribution is -2.62. The summed E-state index contributed by atoms with van der Waals surface area (Å²) in [5.74, 6) is -2.16. The molecule has 1 amide bonds. The Bertz CT molecular complexity index is 564. The maximum Gasteiger partial charge on any atom is 0.344 e. The summed E-state index contributed by atoms with van der Waals surface area (Å²) in [5, 5.41) is 2.44. The van der Waals surface area contributed by atoms with Crippen LogP contribution in [0.5, 0.6) is 0 Å². The predicted octanol–water partition coefficient (Wildman–Crippen LogP) is 1.54. The Morgan fingerprint density at radius 2 is 1.65 bits per heavy atom. The molecule has 0 radical (unpaired) electrons. The van der Waals surface area contributed by atoms with Crippen LogP contribution in [0.2, 0.25) is 0 Å². The molecule has 0 aliphatic carbocycles. The number of hydrogen-bond donors (Lipinski definition) is 1. The number of amides is 1. The molecule has 0 aromatic heterocycles. The summed E-state index contributed by atoms with van der Waals surface area (Å²) < 4.78 is 10.0. The molecule has 1 aromatic rings. The fourth-order valence-corrected chi connectivity index (χ4v) is 2.31. The van der Waals surface area contributed by atoms with Crippen LogP contribution in [0.4, 0.5) is 0 Å². The van der Waals surface area contributed by atoms with E-state index >= 15 is 0 Å². The van der Waals surface area contributed by atoms with Gasteiger partial charge in [-0.25, -0.2) is 9.59 Å². The van der Waals surface area contributed by atoms with Crippen LogP contribution in [0.25, 0.3) is 0 Å². The minimum absolute atomic E-state index is 0.0358. The van der Waals surface area contributed by atoms with Crippen molar-refractivity contribution in [2.45, 2.75) is 39.7 Å². The van der Waals surface area contributed by atoms with E-state index in [1.54, 1.807) is 19.9 Å². The molecule has 0 saturated carbocycles. The maximum atomic E-state index is 12.5. The van der Waals surface area contributed by atoms with Gasteiger partial charge < -0.3 is 14.8 Å². The van der Waals surface area contributed by atoms with Crippen molar-refractivity contribution in [3.63, 3.8) is 0 Å². The quantitative estimate of drug-likeness (QED) is 0.608. The molecular weight excluding hydrogens is 298 g/mol. The van der Waals surface area contributed by atoms with Gasteiger partial charge in [0.1, 0.15) is 0 Å². The zero-order valence-electron chi connectivity index (χ0n) is 14.0. The fourth-order valence-electron chi connectivity index (χ4n) is 2.31. The lowest BCUT2D eigenvalue weighted by Gasteiger charge is -2.29. The van der Waals surface area contributed by atoms with Gasteiger partial charge in [-0.05, 0) is 26.3 Å². The first kappa shape index (κ1) is 18.7. The molecule has 6 heteroatoms. The minimum atomic E-state index is -1.88. The molecule has 0 saturated heterocycles. The molecule has 0 heterocycles. The van der Waals surface area contributed by atoms with E-state index in [4.69, 9.17) is 9.47 Å². The smallest absolute Gasteiger partial charge is 0.344 e. The first-order valence-electron chi connectivity index (χ1n) is 7.54. The fraction of sp³-hybridized carbons (Fsp3) is 0.471. The first-order chi connectivity index (χ1) is 10.9. The molecule has 0 spiro atoms. The van der Waals surface area contributed by atoms with Crippen molar-refractivity contribution < 1.29 is 23.9 Å². The Morgan fingerprint density at radius 1 is 1.09 bits per heavy atom. The van der Waals surface area contributed by atoms with Gasteiger partial charge >= 0.3 is 11.9 Å². The third-order valence-corrected chi connectivity index (χ3v) is 3.19. The van der Waals surface area contributed by atoms with Gasteiger partial charge in [0, 0.05) is 13.3 Å². The van der Waals surface area contributed by atoms with Crippen molar-refractivity contribution in [1.29, 1.82) is 0 Å². The number of hydrogen-bond acceptors (Lipinski definition) is 5. The van der Waals surface area contributed by atoms with E-state index in [1.165, 1.54) is 6.92 Å². The molecule has 23 heavy (non-hydrogen) atoms. The molecule has 126 valence electrons. The zero-order chi connectivity index (χ0) is 17.5. The highest BCUT2D eigenvalue weighted by molar-refractivity contribution is 6.08.